The number of carbonyl (C=O) groups excluding carboxylic acids is 1. The molecule has 0 radical (unpaired) electrons. The molecule has 0 saturated heterocycles. The summed E-state index contributed by atoms with van der Waals surface area (Å²) in [5, 5.41) is 1.88. The number of anilines is 1. The summed E-state index contributed by atoms with van der Waals surface area (Å²) >= 11 is 0. The van der Waals surface area contributed by atoms with Gasteiger partial charge in [0.15, 0.2) is 17.5 Å². The van der Waals surface area contributed by atoms with Crippen molar-refractivity contribution in [1.29, 1.82) is 0 Å². The fourth-order valence-electron chi connectivity index (χ4n) is 0.701. The molecule has 0 aliphatic heterocycles. The van der Waals surface area contributed by atoms with Crippen LogP contribution in [0, 0.1) is 17.5 Å². The molecule has 0 fully saturated rings. The van der Waals surface area contributed by atoms with E-state index in [1.807, 2.05) is 5.32 Å². The Kier molecular flexibility index (Phi) is 2.32. The van der Waals surface area contributed by atoms with Gasteiger partial charge in [-0.1, -0.05) is 0 Å². The van der Waals surface area contributed by atoms with Crippen molar-refractivity contribution in [3.05, 3.63) is 29.6 Å². The summed E-state index contributed by atoms with van der Waals surface area (Å²) in [6.45, 7) is 0. The molecule has 5 heteroatoms. The van der Waals surface area contributed by atoms with Gasteiger partial charge in [0.05, 0.1) is 5.69 Å². The smallest absolute Gasteiger partial charge is 0.211 e. The van der Waals surface area contributed by atoms with E-state index >= 15 is 0 Å². The van der Waals surface area contributed by atoms with Gasteiger partial charge in [-0.25, -0.2) is 13.2 Å². The molecule has 0 aliphatic rings. The Morgan fingerprint density at radius 1 is 1.17 bits per heavy atom. The van der Waals surface area contributed by atoms with Gasteiger partial charge >= 0.3 is 0 Å². The van der Waals surface area contributed by atoms with E-state index in [0.717, 1.165) is 12.1 Å². The molecule has 0 aromatic heterocycles. The third-order valence-corrected chi connectivity index (χ3v) is 1.25. The molecule has 64 valence electrons. The lowest BCUT2D eigenvalue weighted by Gasteiger charge is -2.01. The second-order valence-electron chi connectivity index (χ2n) is 1.99. The Labute approximate surface area is 66.0 Å². The Bertz CT molecular complexity index is 314. The highest BCUT2D eigenvalue weighted by Crippen LogP contribution is 2.18. The highest BCUT2D eigenvalue weighted by Gasteiger charge is 2.12. The van der Waals surface area contributed by atoms with Gasteiger partial charge in [0.25, 0.3) is 0 Å². The van der Waals surface area contributed by atoms with Gasteiger partial charge in [0.2, 0.25) is 6.41 Å². The molecule has 0 heterocycles. The fraction of sp³-hybridized carbons (Fsp3) is 0. The Balaban J connectivity index is 3.16. The zero-order valence-corrected chi connectivity index (χ0v) is 5.77. The molecule has 1 aromatic carbocycles. The Morgan fingerprint density at radius 2 is 1.83 bits per heavy atom. The molecule has 1 aromatic rings. The first-order valence-electron chi connectivity index (χ1n) is 3.00. The van der Waals surface area contributed by atoms with Gasteiger partial charge in [-0.15, -0.1) is 0 Å². The van der Waals surface area contributed by atoms with Gasteiger partial charge in [-0.05, 0) is 12.1 Å². The maximum absolute atomic E-state index is 12.6. The third-order valence-electron chi connectivity index (χ3n) is 1.25. The van der Waals surface area contributed by atoms with Crippen LogP contribution in [-0.4, -0.2) is 6.41 Å². The summed E-state index contributed by atoms with van der Waals surface area (Å²) in [4.78, 5) is 9.83. The molecule has 1 amide bonds. The van der Waals surface area contributed by atoms with Gasteiger partial charge in [-0.2, -0.15) is 0 Å². The Hall–Kier alpha value is -1.52. The molecule has 1 N–H and O–H groups in total. The van der Waals surface area contributed by atoms with E-state index in [0.29, 0.717) is 0 Å². The number of hydrogen-bond acceptors (Lipinski definition) is 1. The summed E-state index contributed by atoms with van der Waals surface area (Å²) in [6.07, 6.45) is 0.176. The molecule has 0 aliphatic carbocycles. The molecule has 0 atom stereocenters. The summed E-state index contributed by atoms with van der Waals surface area (Å²) in [5.74, 6) is -4.28. The quantitative estimate of drug-likeness (QED) is 0.537. The van der Waals surface area contributed by atoms with Crippen LogP contribution in [0.15, 0.2) is 12.1 Å². The van der Waals surface area contributed by atoms with Crippen molar-refractivity contribution >= 4 is 12.1 Å². The molecule has 0 spiro atoms. The number of benzene rings is 1. The topological polar surface area (TPSA) is 29.1 Å². The Morgan fingerprint density at radius 3 is 2.42 bits per heavy atom. The minimum Gasteiger partial charge on any atom is -0.326 e. The standard InChI is InChI=1S/C7H4F3NO/c8-4-1-2-5(11-3-12)7(10)6(4)9/h1-3H,(H,11,12). The van der Waals surface area contributed by atoms with Crippen molar-refractivity contribution in [3.8, 4) is 0 Å². The van der Waals surface area contributed by atoms with Crippen LogP contribution < -0.4 is 5.32 Å². The minimum atomic E-state index is -1.60. The average Bonchev–Trinajstić information content (AvgIpc) is 2.07. The van der Waals surface area contributed by atoms with E-state index in [2.05, 4.69) is 0 Å². The molecule has 12 heavy (non-hydrogen) atoms. The number of amides is 1. The largest absolute Gasteiger partial charge is 0.326 e. The van der Waals surface area contributed by atoms with Crippen LogP contribution in [0.4, 0.5) is 18.9 Å². The lowest BCUT2D eigenvalue weighted by Crippen LogP contribution is -2.00. The number of halogens is 3. The summed E-state index contributed by atoms with van der Waals surface area (Å²) in [7, 11) is 0. The van der Waals surface area contributed by atoms with Gasteiger partial charge in [-0.3, -0.25) is 4.79 Å². The number of nitrogens with one attached hydrogen (secondary N) is 1. The van der Waals surface area contributed by atoms with Crippen LogP contribution in [0.5, 0.6) is 0 Å². The van der Waals surface area contributed by atoms with Crippen LogP contribution in [0.1, 0.15) is 0 Å². The predicted octanol–water partition coefficient (Wildman–Crippen LogP) is 1.67. The highest BCUT2D eigenvalue weighted by molar-refractivity contribution is 5.71. The van der Waals surface area contributed by atoms with E-state index in [1.165, 1.54) is 0 Å². The van der Waals surface area contributed by atoms with Crippen LogP contribution in [-0.2, 0) is 4.79 Å². The molecule has 1 rings (SSSR count). The lowest BCUT2D eigenvalue weighted by molar-refractivity contribution is -0.105. The van der Waals surface area contributed by atoms with Crippen LogP contribution in [0.25, 0.3) is 0 Å². The molecule has 0 bridgehead atoms. The van der Waals surface area contributed by atoms with Crippen LogP contribution in [0.3, 0.4) is 0 Å². The fourth-order valence-corrected chi connectivity index (χ4v) is 0.701. The zero-order valence-electron chi connectivity index (χ0n) is 5.77. The first-order chi connectivity index (χ1) is 5.66. The number of hydrogen-bond donors (Lipinski definition) is 1. The molecule has 0 saturated carbocycles. The molecule has 2 nitrogen and oxygen atoms in total. The van der Waals surface area contributed by atoms with E-state index in [1.54, 1.807) is 0 Å². The highest BCUT2D eigenvalue weighted by atomic mass is 19.2. The predicted molar refractivity (Wildman–Crippen MR) is 36.0 cm³/mol. The first-order valence-corrected chi connectivity index (χ1v) is 3.00. The maximum atomic E-state index is 12.6. The van der Waals surface area contributed by atoms with Crippen molar-refractivity contribution in [2.45, 2.75) is 0 Å². The normalized spacial score (nSPS) is 9.58. The monoisotopic (exact) mass is 175 g/mol. The first kappa shape index (κ1) is 8.58. The van der Waals surface area contributed by atoms with Gasteiger partial charge in [0.1, 0.15) is 0 Å². The lowest BCUT2D eigenvalue weighted by atomic mass is 10.3. The molecular formula is C7H4F3NO. The number of carbonyl (C=O) groups is 1. The molecular weight excluding hydrogens is 171 g/mol. The van der Waals surface area contributed by atoms with E-state index in [9.17, 15) is 18.0 Å². The summed E-state index contributed by atoms with van der Waals surface area (Å²) < 4.78 is 37.3. The summed E-state index contributed by atoms with van der Waals surface area (Å²) in [5.41, 5.74) is -0.385. The van der Waals surface area contributed by atoms with Crippen molar-refractivity contribution in [3.63, 3.8) is 0 Å². The summed E-state index contributed by atoms with van der Waals surface area (Å²) in [6, 6.07) is 1.66. The van der Waals surface area contributed by atoms with Crippen LogP contribution in [0.2, 0.25) is 0 Å². The van der Waals surface area contributed by atoms with Crippen molar-refractivity contribution in [1.82, 2.24) is 0 Å². The third kappa shape index (κ3) is 1.39. The van der Waals surface area contributed by atoms with Gasteiger partial charge < -0.3 is 5.32 Å². The van der Waals surface area contributed by atoms with E-state index in [4.69, 9.17) is 0 Å². The van der Waals surface area contributed by atoms with Gasteiger partial charge in [0, 0.05) is 0 Å². The second-order valence-corrected chi connectivity index (χ2v) is 1.99. The second kappa shape index (κ2) is 3.25. The van der Waals surface area contributed by atoms with Crippen molar-refractivity contribution < 1.29 is 18.0 Å². The van der Waals surface area contributed by atoms with Crippen molar-refractivity contribution in [2.24, 2.45) is 0 Å². The number of rotatable bonds is 2. The van der Waals surface area contributed by atoms with E-state index in [-0.39, 0.29) is 12.1 Å². The average molecular weight is 175 g/mol. The maximum Gasteiger partial charge on any atom is 0.211 e. The zero-order chi connectivity index (χ0) is 9.14. The minimum absolute atomic E-state index is 0.176. The van der Waals surface area contributed by atoms with E-state index < -0.39 is 17.5 Å². The van der Waals surface area contributed by atoms with Crippen molar-refractivity contribution in [2.75, 3.05) is 5.32 Å². The van der Waals surface area contributed by atoms with Crippen LogP contribution >= 0.6 is 0 Å². The molecule has 0 unspecified atom stereocenters. The SMILES string of the molecule is O=CNc1ccc(F)c(F)c1F.